The number of nitrogens with zero attached hydrogens (tertiary/aromatic N) is 3. The summed E-state index contributed by atoms with van der Waals surface area (Å²) < 4.78 is 11.0. The maximum Gasteiger partial charge on any atom is 0.410 e. The van der Waals surface area contributed by atoms with Crippen LogP contribution in [-0.4, -0.2) is 52.7 Å². The molecular weight excluding hydrogens is 382 g/mol. The average Bonchev–Trinajstić information content (AvgIpc) is 3.05. The molecular formula is C23H27N3O4. The van der Waals surface area contributed by atoms with Crippen LogP contribution in [0.4, 0.5) is 10.6 Å². The summed E-state index contributed by atoms with van der Waals surface area (Å²) >= 11 is 0. The molecule has 158 valence electrons. The summed E-state index contributed by atoms with van der Waals surface area (Å²) in [6, 6.07) is 12.8. The Labute approximate surface area is 176 Å². The average molecular weight is 409 g/mol. The number of esters is 1. The Kier molecular flexibility index (Phi) is 5.13. The minimum absolute atomic E-state index is 0.0742. The van der Waals surface area contributed by atoms with Gasteiger partial charge in [-0.05, 0) is 57.9 Å². The molecule has 3 heterocycles. The number of anilines is 1. The van der Waals surface area contributed by atoms with Crippen LogP contribution in [0.15, 0.2) is 42.5 Å². The highest BCUT2D eigenvalue weighted by Crippen LogP contribution is 2.36. The van der Waals surface area contributed by atoms with Crippen LogP contribution in [0.3, 0.4) is 0 Å². The van der Waals surface area contributed by atoms with Crippen LogP contribution in [0.1, 0.15) is 43.6 Å². The van der Waals surface area contributed by atoms with Gasteiger partial charge >= 0.3 is 12.1 Å². The number of piperazine rings is 1. The van der Waals surface area contributed by atoms with Crippen LogP contribution in [0.25, 0.3) is 0 Å². The van der Waals surface area contributed by atoms with Crippen molar-refractivity contribution in [1.82, 2.24) is 9.88 Å². The van der Waals surface area contributed by atoms with E-state index >= 15 is 0 Å². The molecule has 1 saturated heterocycles. The summed E-state index contributed by atoms with van der Waals surface area (Å²) in [4.78, 5) is 33.5. The van der Waals surface area contributed by atoms with Crippen LogP contribution in [0, 0.1) is 0 Å². The van der Waals surface area contributed by atoms with Crippen molar-refractivity contribution in [2.45, 2.75) is 51.8 Å². The Morgan fingerprint density at radius 1 is 1.07 bits per heavy atom. The Balaban J connectivity index is 1.49. The lowest BCUT2D eigenvalue weighted by Crippen LogP contribution is -2.58. The predicted octanol–water partition coefficient (Wildman–Crippen LogP) is 3.67. The second kappa shape index (κ2) is 7.63. The number of amides is 1. The molecule has 2 aliphatic heterocycles. The molecule has 1 fully saturated rings. The first-order valence-corrected chi connectivity index (χ1v) is 10.2. The summed E-state index contributed by atoms with van der Waals surface area (Å²) in [5.41, 5.74) is 1.06. The van der Waals surface area contributed by atoms with E-state index in [1.54, 1.807) is 35.2 Å². The SMILES string of the molecule is C[C@@H]1CN(C(=O)OC(C)(C)C)C[C@H]2Cc3ccc(OC(=O)c4ccccc4)nc3N21. The van der Waals surface area contributed by atoms with Crippen LogP contribution in [0.2, 0.25) is 0 Å². The normalized spacial score (nSPS) is 20.4. The van der Waals surface area contributed by atoms with Gasteiger partial charge in [-0.2, -0.15) is 4.98 Å². The molecule has 30 heavy (non-hydrogen) atoms. The molecule has 0 saturated carbocycles. The molecule has 0 N–H and O–H groups in total. The van der Waals surface area contributed by atoms with E-state index in [1.807, 2.05) is 32.9 Å². The lowest BCUT2D eigenvalue weighted by molar-refractivity contribution is 0.0191. The van der Waals surface area contributed by atoms with Gasteiger partial charge in [0.2, 0.25) is 5.88 Å². The number of ether oxygens (including phenoxy) is 2. The second-order valence-corrected chi connectivity index (χ2v) is 8.89. The van der Waals surface area contributed by atoms with Gasteiger partial charge in [-0.1, -0.05) is 18.2 Å². The third kappa shape index (κ3) is 4.10. The Morgan fingerprint density at radius 2 is 1.80 bits per heavy atom. The van der Waals surface area contributed by atoms with Crippen LogP contribution < -0.4 is 9.64 Å². The van der Waals surface area contributed by atoms with E-state index in [1.165, 1.54) is 0 Å². The van der Waals surface area contributed by atoms with E-state index in [0.29, 0.717) is 18.7 Å². The van der Waals surface area contributed by atoms with Gasteiger partial charge in [0.15, 0.2) is 0 Å². The Morgan fingerprint density at radius 3 is 2.50 bits per heavy atom. The van der Waals surface area contributed by atoms with Crippen molar-refractivity contribution in [1.29, 1.82) is 0 Å². The predicted molar refractivity (Wildman–Crippen MR) is 113 cm³/mol. The highest BCUT2D eigenvalue weighted by Gasteiger charge is 2.41. The summed E-state index contributed by atoms with van der Waals surface area (Å²) in [6.07, 6.45) is 0.509. The zero-order valence-electron chi connectivity index (χ0n) is 17.8. The topological polar surface area (TPSA) is 72.0 Å². The van der Waals surface area contributed by atoms with Crippen molar-refractivity contribution in [3.63, 3.8) is 0 Å². The third-order valence-electron chi connectivity index (χ3n) is 5.27. The smallest absolute Gasteiger partial charge is 0.410 e. The lowest BCUT2D eigenvalue weighted by Gasteiger charge is -2.43. The highest BCUT2D eigenvalue weighted by molar-refractivity contribution is 5.90. The molecule has 0 aliphatic carbocycles. The molecule has 7 nitrogen and oxygen atoms in total. The zero-order valence-corrected chi connectivity index (χ0v) is 17.8. The highest BCUT2D eigenvalue weighted by atomic mass is 16.6. The number of aromatic nitrogens is 1. The molecule has 0 spiro atoms. The quantitative estimate of drug-likeness (QED) is 0.705. The van der Waals surface area contributed by atoms with Gasteiger partial charge in [0.05, 0.1) is 11.6 Å². The Bertz CT molecular complexity index is 955. The maximum absolute atomic E-state index is 12.5. The summed E-state index contributed by atoms with van der Waals surface area (Å²) in [7, 11) is 0. The van der Waals surface area contributed by atoms with E-state index in [4.69, 9.17) is 9.47 Å². The number of hydrogen-bond donors (Lipinski definition) is 0. The van der Waals surface area contributed by atoms with Gasteiger partial charge in [-0.25, -0.2) is 9.59 Å². The molecule has 0 unspecified atom stereocenters. The third-order valence-corrected chi connectivity index (χ3v) is 5.27. The molecule has 0 radical (unpaired) electrons. The maximum atomic E-state index is 12.5. The molecule has 7 heteroatoms. The number of rotatable bonds is 2. The number of fused-ring (bicyclic) bond motifs is 3. The number of hydrogen-bond acceptors (Lipinski definition) is 6. The summed E-state index contributed by atoms with van der Waals surface area (Å²) in [6.45, 7) is 8.83. The molecule has 4 rings (SSSR count). The van der Waals surface area contributed by atoms with Crippen molar-refractivity contribution >= 4 is 17.9 Å². The van der Waals surface area contributed by atoms with Crippen LogP contribution in [0.5, 0.6) is 5.88 Å². The first-order chi connectivity index (χ1) is 14.2. The second-order valence-electron chi connectivity index (χ2n) is 8.89. The monoisotopic (exact) mass is 409 g/mol. The van der Waals surface area contributed by atoms with Crippen LogP contribution in [-0.2, 0) is 11.2 Å². The van der Waals surface area contributed by atoms with Crippen molar-refractivity contribution in [3.8, 4) is 5.88 Å². The zero-order chi connectivity index (χ0) is 21.5. The van der Waals surface area contributed by atoms with Crippen molar-refractivity contribution in [2.75, 3.05) is 18.0 Å². The van der Waals surface area contributed by atoms with Gasteiger partial charge < -0.3 is 19.3 Å². The fourth-order valence-electron chi connectivity index (χ4n) is 4.09. The first kappa shape index (κ1) is 20.2. The van der Waals surface area contributed by atoms with Crippen molar-refractivity contribution < 1.29 is 19.1 Å². The first-order valence-electron chi connectivity index (χ1n) is 10.2. The molecule has 2 atom stereocenters. The van der Waals surface area contributed by atoms with E-state index in [-0.39, 0.29) is 24.1 Å². The van der Waals surface area contributed by atoms with Gasteiger partial charge in [-0.3, -0.25) is 0 Å². The van der Waals surface area contributed by atoms with Gasteiger partial charge in [0.25, 0.3) is 0 Å². The van der Waals surface area contributed by atoms with Crippen LogP contribution >= 0.6 is 0 Å². The van der Waals surface area contributed by atoms with E-state index in [2.05, 4.69) is 16.8 Å². The number of benzene rings is 1. The molecule has 2 aromatic rings. The van der Waals surface area contributed by atoms with Crippen molar-refractivity contribution in [2.24, 2.45) is 0 Å². The molecule has 1 amide bonds. The molecule has 2 aliphatic rings. The Hall–Kier alpha value is -3.09. The largest absolute Gasteiger partial charge is 0.444 e. The van der Waals surface area contributed by atoms with Gasteiger partial charge in [0.1, 0.15) is 11.4 Å². The number of pyridine rings is 1. The van der Waals surface area contributed by atoms with E-state index in [9.17, 15) is 9.59 Å². The summed E-state index contributed by atoms with van der Waals surface area (Å²) in [5, 5.41) is 0. The fourth-order valence-corrected chi connectivity index (χ4v) is 4.09. The number of carbonyl (C=O) groups is 2. The number of carbonyl (C=O) groups excluding carboxylic acids is 2. The van der Waals surface area contributed by atoms with Gasteiger partial charge in [0, 0.05) is 25.2 Å². The van der Waals surface area contributed by atoms with E-state index in [0.717, 1.165) is 17.8 Å². The summed E-state index contributed by atoms with van der Waals surface area (Å²) in [5.74, 6) is 0.681. The lowest BCUT2D eigenvalue weighted by atomic mass is 10.1. The van der Waals surface area contributed by atoms with E-state index < -0.39 is 11.6 Å². The molecule has 0 bridgehead atoms. The minimum Gasteiger partial charge on any atom is -0.444 e. The van der Waals surface area contributed by atoms with Gasteiger partial charge in [-0.15, -0.1) is 0 Å². The van der Waals surface area contributed by atoms with Crippen molar-refractivity contribution in [3.05, 3.63) is 53.6 Å². The standard InChI is InChI=1S/C23H27N3O4/c1-15-13-25(22(28)30-23(2,3)4)14-18-12-17-10-11-19(24-20(17)26(15)18)29-21(27)16-8-6-5-7-9-16/h5-11,15,18H,12-14H2,1-4H3/t15-,18-/m1/s1. The molecule has 1 aromatic heterocycles. The minimum atomic E-state index is -0.519. The molecule has 1 aromatic carbocycles. The fraction of sp³-hybridized carbons (Fsp3) is 0.435.